The Morgan fingerprint density at radius 2 is 1.43 bits per heavy atom. The molecule has 0 radical (unpaired) electrons. The smallest absolute Gasteiger partial charge is 0.0649 e. The first-order valence-corrected chi connectivity index (χ1v) is 8.40. The van der Waals surface area contributed by atoms with Gasteiger partial charge in [-0.15, -0.1) is 0 Å². The fraction of sp³-hybridized carbons (Fsp3) is 1.00. The Labute approximate surface area is 132 Å². The zero-order valence-electron chi connectivity index (χ0n) is 15.3. The van der Waals surface area contributed by atoms with Gasteiger partial charge in [0.15, 0.2) is 0 Å². The lowest BCUT2D eigenvalue weighted by atomic mass is 10.0. The van der Waals surface area contributed by atoms with E-state index in [1.54, 1.807) is 0 Å². The molecule has 0 fully saturated rings. The summed E-state index contributed by atoms with van der Waals surface area (Å²) in [5.74, 6) is 0. The van der Waals surface area contributed by atoms with Gasteiger partial charge in [-0.25, -0.2) is 0 Å². The largest absolute Gasteiger partial charge is 0.375 e. The van der Waals surface area contributed by atoms with Gasteiger partial charge >= 0.3 is 0 Å². The van der Waals surface area contributed by atoms with Crippen LogP contribution in [0.1, 0.15) is 61.3 Å². The maximum atomic E-state index is 6.04. The lowest BCUT2D eigenvalue weighted by Crippen LogP contribution is -2.35. The summed E-state index contributed by atoms with van der Waals surface area (Å²) in [5.41, 5.74) is -0.205. The molecule has 4 heteroatoms. The Bertz CT molecular complexity index is 253. The van der Waals surface area contributed by atoms with E-state index in [9.17, 15) is 0 Å². The molecule has 0 aromatic rings. The van der Waals surface area contributed by atoms with Gasteiger partial charge in [0, 0.05) is 12.6 Å². The molecular weight excluding hydrogens is 264 g/mol. The molecule has 21 heavy (non-hydrogen) atoms. The van der Waals surface area contributed by atoms with E-state index in [0.29, 0.717) is 6.04 Å². The summed E-state index contributed by atoms with van der Waals surface area (Å²) in [5, 5.41) is 6.71. The van der Waals surface area contributed by atoms with Gasteiger partial charge in [0.2, 0.25) is 0 Å². The van der Waals surface area contributed by atoms with E-state index in [1.807, 2.05) is 0 Å². The molecule has 128 valence electrons. The first-order valence-electron chi connectivity index (χ1n) is 8.40. The molecule has 0 unspecified atom stereocenters. The van der Waals surface area contributed by atoms with Crippen LogP contribution in [0.3, 0.4) is 0 Å². The summed E-state index contributed by atoms with van der Waals surface area (Å²) >= 11 is 0. The molecule has 0 aromatic carbocycles. The van der Waals surface area contributed by atoms with Gasteiger partial charge in [0.25, 0.3) is 0 Å². The van der Waals surface area contributed by atoms with Crippen molar-refractivity contribution in [3.8, 4) is 0 Å². The van der Waals surface area contributed by atoms with Gasteiger partial charge < -0.3 is 20.1 Å². The molecule has 0 aromatic heterocycles. The van der Waals surface area contributed by atoms with Gasteiger partial charge in [-0.2, -0.15) is 0 Å². The molecule has 0 heterocycles. The minimum atomic E-state index is -0.123. The quantitative estimate of drug-likeness (QED) is 0.513. The van der Waals surface area contributed by atoms with Gasteiger partial charge in [0.05, 0.1) is 24.4 Å². The standard InChI is InChI=1S/C17H38N2O2/c1-8-18-12-14-21-17(6,7)10-13-20-16(4,5)9-11-19-15(2)3/h15,18-19H,8-14H2,1-7H3. The van der Waals surface area contributed by atoms with Gasteiger partial charge in [-0.05, 0) is 53.6 Å². The normalized spacial score (nSPS) is 13.1. The Kier molecular flexibility index (Phi) is 10.5. The van der Waals surface area contributed by atoms with Crippen LogP contribution in [0.4, 0.5) is 0 Å². The van der Waals surface area contributed by atoms with Gasteiger partial charge in [0.1, 0.15) is 0 Å². The number of nitrogens with one attached hydrogen (secondary N) is 2. The molecular formula is C17H38N2O2. The number of hydrogen-bond donors (Lipinski definition) is 2. The van der Waals surface area contributed by atoms with E-state index in [4.69, 9.17) is 9.47 Å². The third kappa shape index (κ3) is 13.2. The lowest BCUT2D eigenvalue weighted by molar-refractivity contribution is -0.0731. The van der Waals surface area contributed by atoms with Crippen molar-refractivity contribution in [2.75, 3.05) is 32.8 Å². The van der Waals surface area contributed by atoms with Crippen molar-refractivity contribution in [2.24, 2.45) is 0 Å². The van der Waals surface area contributed by atoms with Crippen molar-refractivity contribution in [3.63, 3.8) is 0 Å². The second-order valence-electron chi connectivity index (χ2n) is 7.18. The Morgan fingerprint density at radius 3 is 2.00 bits per heavy atom. The average molecular weight is 303 g/mol. The Balaban J connectivity index is 3.82. The second-order valence-corrected chi connectivity index (χ2v) is 7.18. The van der Waals surface area contributed by atoms with Crippen LogP contribution in [0.5, 0.6) is 0 Å². The summed E-state index contributed by atoms with van der Waals surface area (Å²) in [6.45, 7) is 19.4. The van der Waals surface area contributed by atoms with Crippen LogP contribution in [-0.4, -0.2) is 50.1 Å². The van der Waals surface area contributed by atoms with Crippen molar-refractivity contribution >= 4 is 0 Å². The zero-order chi connectivity index (χ0) is 16.4. The highest BCUT2D eigenvalue weighted by Gasteiger charge is 2.22. The highest BCUT2D eigenvalue weighted by atomic mass is 16.5. The molecule has 0 aliphatic rings. The monoisotopic (exact) mass is 302 g/mol. The van der Waals surface area contributed by atoms with Crippen molar-refractivity contribution in [2.45, 2.75) is 78.6 Å². The highest BCUT2D eigenvalue weighted by Crippen LogP contribution is 2.19. The minimum Gasteiger partial charge on any atom is -0.375 e. The van der Waals surface area contributed by atoms with E-state index in [2.05, 4.69) is 59.1 Å². The number of likely N-dealkylation sites (N-methyl/N-ethyl adjacent to an activating group) is 1. The van der Waals surface area contributed by atoms with E-state index < -0.39 is 0 Å². The maximum Gasteiger partial charge on any atom is 0.0649 e. The number of rotatable bonds is 13. The summed E-state index contributed by atoms with van der Waals surface area (Å²) in [6, 6.07) is 0.532. The fourth-order valence-electron chi connectivity index (χ4n) is 1.96. The van der Waals surface area contributed by atoms with Crippen molar-refractivity contribution in [1.82, 2.24) is 10.6 Å². The topological polar surface area (TPSA) is 42.5 Å². The molecule has 0 atom stereocenters. The maximum absolute atomic E-state index is 6.04. The van der Waals surface area contributed by atoms with Crippen LogP contribution in [0.25, 0.3) is 0 Å². The zero-order valence-corrected chi connectivity index (χ0v) is 15.3. The van der Waals surface area contributed by atoms with Crippen molar-refractivity contribution in [1.29, 1.82) is 0 Å². The molecule has 0 aliphatic heterocycles. The van der Waals surface area contributed by atoms with Gasteiger partial charge in [-0.1, -0.05) is 20.8 Å². The molecule has 0 spiro atoms. The van der Waals surface area contributed by atoms with Gasteiger partial charge in [-0.3, -0.25) is 0 Å². The summed E-state index contributed by atoms with van der Waals surface area (Å²) in [4.78, 5) is 0. The Morgan fingerprint density at radius 1 is 0.857 bits per heavy atom. The van der Waals surface area contributed by atoms with Crippen molar-refractivity contribution < 1.29 is 9.47 Å². The Hall–Kier alpha value is -0.160. The van der Waals surface area contributed by atoms with E-state index in [-0.39, 0.29) is 11.2 Å². The first kappa shape index (κ1) is 20.8. The lowest BCUT2D eigenvalue weighted by Gasteiger charge is -2.30. The average Bonchev–Trinajstić information content (AvgIpc) is 2.33. The summed E-state index contributed by atoms with van der Waals surface area (Å²) < 4.78 is 11.9. The van der Waals surface area contributed by atoms with E-state index >= 15 is 0 Å². The molecule has 0 rings (SSSR count). The SMILES string of the molecule is CCNCCOC(C)(C)CCOC(C)(C)CCNC(C)C. The molecule has 2 N–H and O–H groups in total. The first-order chi connectivity index (χ1) is 9.68. The second kappa shape index (κ2) is 10.5. The molecule has 0 saturated heterocycles. The fourth-order valence-corrected chi connectivity index (χ4v) is 1.96. The third-order valence-electron chi connectivity index (χ3n) is 3.50. The number of hydrogen-bond acceptors (Lipinski definition) is 4. The van der Waals surface area contributed by atoms with Crippen LogP contribution in [-0.2, 0) is 9.47 Å². The molecule has 0 bridgehead atoms. The molecule has 0 saturated carbocycles. The van der Waals surface area contributed by atoms with E-state index in [1.165, 1.54) is 0 Å². The highest BCUT2D eigenvalue weighted by molar-refractivity contribution is 4.73. The minimum absolute atomic E-state index is 0.0816. The van der Waals surface area contributed by atoms with Crippen molar-refractivity contribution in [3.05, 3.63) is 0 Å². The van der Waals surface area contributed by atoms with Crippen LogP contribution >= 0.6 is 0 Å². The molecule has 0 amide bonds. The molecule has 0 aliphatic carbocycles. The van der Waals surface area contributed by atoms with Crippen LogP contribution < -0.4 is 10.6 Å². The van der Waals surface area contributed by atoms with Crippen LogP contribution in [0.15, 0.2) is 0 Å². The third-order valence-corrected chi connectivity index (χ3v) is 3.50. The number of ether oxygens (including phenoxy) is 2. The molecule has 4 nitrogen and oxygen atoms in total. The summed E-state index contributed by atoms with van der Waals surface area (Å²) in [7, 11) is 0. The predicted molar refractivity (Wildman–Crippen MR) is 91.0 cm³/mol. The predicted octanol–water partition coefficient (Wildman–Crippen LogP) is 2.96. The van der Waals surface area contributed by atoms with Crippen LogP contribution in [0.2, 0.25) is 0 Å². The van der Waals surface area contributed by atoms with E-state index in [0.717, 1.165) is 45.7 Å². The van der Waals surface area contributed by atoms with Crippen LogP contribution in [0, 0.1) is 0 Å². The summed E-state index contributed by atoms with van der Waals surface area (Å²) in [6.07, 6.45) is 1.94.